The third-order valence-electron chi connectivity index (χ3n) is 5.51. The molecule has 0 unspecified atom stereocenters. The topological polar surface area (TPSA) is 73.5 Å². The fourth-order valence-electron chi connectivity index (χ4n) is 3.81. The SMILES string of the molecule is O=C(Nc1c[nH]c2ccc(Cl)cc12)N1CCN(c2ccc(Oc3ccccn3)cc2)CC1. The molecule has 2 aromatic heterocycles. The molecule has 2 aromatic carbocycles. The van der Waals surface area contributed by atoms with E-state index >= 15 is 0 Å². The van der Waals surface area contributed by atoms with E-state index in [1.165, 1.54) is 0 Å². The highest BCUT2D eigenvalue weighted by Gasteiger charge is 2.22. The highest BCUT2D eigenvalue weighted by atomic mass is 35.5. The first kappa shape index (κ1) is 20.2. The Bertz CT molecular complexity index is 1220. The molecule has 162 valence electrons. The molecule has 1 aliphatic heterocycles. The van der Waals surface area contributed by atoms with Crippen LogP contribution in [-0.4, -0.2) is 47.1 Å². The number of aromatic amines is 1. The number of urea groups is 1. The number of benzene rings is 2. The lowest BCUT2D eigenvalue weighted by Crippen LogP contribution is -2.50. The first-order chi connectivity index (χ1) is 15.7. The average Bonchev–Trinajstić information content (AvgIpc) is 3.22. The smallest absolute Gasteiger partial charge is 0.322 e. The number of piperazine rings is 1. The fourth-order valence-corrected chi connectivity index (χ4v) is 3.98. The highest BCUT2D eigenvalue weighted by molar-refractivity contribution is 6.31. The molecule has 0 spiro atoms. The van der Waals surface area contributed by atoms with Crippen LogP contribution in [0.15, 0.2) is 73.1 Å². The lowest BCUT2D eigenvalue weighted by atomic mass is 10.2. The Hall–Kier alpha value is -3.71. The molecule has 0 saturated carbocycles. The van der Waals surface area contributed by atoms with Crippen molar-refractivity contribution < 1.29 is 9.53 Å². The number of hydrogen-bond acceptors (Lipinski definition) is 4. The number of carbonyl (C=O) groups excluding carboxylic acids is 1. The monoisotopic (exact) mass is 447 g/mol. The minimum absolute atomic E-state index is 0.107. The van der Waals surface area contributed by atoms with Crippen LogP contribution in [0.4, 0.5) is 16.2 Å². The summed E-state index contributed by atoms with van der Waals surface area (Å²) in [5, 5.41) is 4.54. The molecule has 0 aliphatic carbocycles. The Balaban J connectivity index is 1.17. The van der Waals surface area contributed by atoms with E-state index in [0.717, 1.165) is 41.1 Å². The predicted molar refractivity (Wildman–Crippen MR) is 127 cm³/mol. The molecule has 5 rings (SSSR count). The average molecular weight is 448 g/mol. The molecule has 1 aliphatic rings. The summed E-state index contributed by atoms with van der Waals surface area (Å²) in [6.07, 6.45) is 3.50. The summed E-state index contributed by atoms with van der Waals surface area (Å²) in [7, 11) is 0. The molecular formula is C24H22ClN5O2. The van der Waals surface area contributed by atoms with Gasteiger partial charge in [-0.05, 0) is 48.5 Å². The van der Waals surface area contributed by atoms with Gasteiger partial charge in [0.15, 0.2) is 0 Å². The van der Waals surface area contributed by atoms with Crippen molar-refractivity contribution >= 4 is 39.9 Å². The summed E-state index contributed by atoms with van der Waals surface area (Å²) in [6, 6.07) is 19.0. The second-order valence-corrected chi connectivity index (χ2v) is 8.00. The van der Waals surface area contributed by atoms with Crippen LogP contribution in [0.5, 0.6) is 11.6 Å². The number of anilines is 2. The van der Waals surface area contributed by atoms with Gasteiger partial charge in [-0.2, -0.15) is 0 Å². The van der Waals surface area contributed by atoms with E-state index < -0.39 is 0 Å². The lowest BCUT2D eigenvalue weighted by molar-refractivity contribution is 0.208. The van der Waals surface area contributed by atoms with Crippen LogP contribution in [0.25, 0.3) is 10.9 Å². The number of pyridine rings is 1. The van der Waals surface area contributed by atoms with Crippen molar-refractivity contribution in [3.05, 3.63) is 78.1 Å². The number of aromatic nitrogens is 2. The van der Waals surface area contributed by atoms with Crippen molar-refractivity contribution in [1.29, 1.82) is 0 Å². The van der Waals surface area contributed by atoms with Crippen LogP contribution < -0.4 is 15.0 Å². The molecule has 1 saturated heterocycles. The van der Waals surface area contributed by atoms with Gasteiger partial charge >= 0.3 is 6.03 Å². The summed E-state index contributed by atoms with van der Waals surface area (Å²) in [5.74, 6) is 1.31. The Morgan fingerprint density at radius 2 is 1.84 bits per heavy atom. The number of nitrogens with zero attached hydrogens (tertiary/aromatic N) is 3. The van der Waals surface area contributed by atoms with E-state index in [4.69, 9.17) is 16.3 Å². The van der Waals surface area contributed by atoms with Crippen LogP contribution in [-0.2, 0) is 0 Å². The summed E-state index contributed by atoms with van der Waals surface area (Å²) < 4.78 is 5.76. The van der Waals surface area contributed by atoms with Crippen LogP contribution in [0.1, 0.15) is 0 Å². The molecular weight excluding hydrogens is 426 g/mol. The first-order valence-electron chi connectivity index (χ1n) is 10.4. The summed E-state index contributed by atoms with van der Waals surface area (Å²) in [4.78, 5) is 24.2. The number of carbonyl (C=O) groups is 1. The Morgan fingerprint density at radius 1 is 1.03 bits per heavy atom. The normalized spacial score (nSPS) is 13.9. The number of hydrogen-bond donors (Lipinski definition) is 2. The van der Waals surface area contributed by atoms with E-state index in [1.807, 2.05) is 65.6 Å². The minimum atomic E-state index is -0.107. The molecule has 0 radical (unpaired) electrons. The van der Waals surface area contributed by atoms with Crippen molar-refractivity contribution in [2.75, 3.05) is 36.4 Å². The predicted octanol–water partition coefficient (Wildman–Crippen LogP) is 5.36. The minimum Gasteiger partial charge on any atom is -0.439 e. The van der Waals surface area contributed by atoms with Gasteiger partial charge < -0.3 is 24.8 Å². The molecule has 2 amide bonds. The van der Waals surface area contributed by atoms with Gasteiger partial charge in [-0.3, -0.25) is 0 Å². The molecule has 2 N–H and O–H groups in total. The zero-order valence-electron chi connectivity index (χ0n) is 17.3. The van der Waals surface area contributed by atoms with Crippen molar-refractivity contribution in [2.24, 2.45) is 0 Å². The molecule has 1 fully saturated rings. The molecule has 4 aromatic rings. The third kappa shape index (κ3) is 4.33. The van der Waals surface area contributed by atoms with Crippen molar-refractivity contribution in [3.63, 3.8) is 0 Å². The van der Waals surface area contributed by atoms with Crippen LogP contribution in [0.2, 0.25) is 5.02 Å². The standard InChI is InChI=1S/C24H22ClN5O2/c25-17-4-9-21-20(15-17)22(16-27-21)28-24(31)30-13-11-29(12-14-30)18-5-7-19(8-6-18)32-23-3-1-2-10-26-23/h1-10,15-16,27H,11-14H2,(H,28,31). The number of nitrogens with one attached hydrogen (secondary N) is 2. The summed E-state index contributed by atoms with van der Waals surface area (Å²) in [6.45, 7) is 2.80. The number of halogens is 1. The maximum atomic E-state index is 12.8. The van der Waals surface area contributed by atoms with E-state index in [0.29, 0.717) is 24.0 Å². The van der Waals surface area contributed by atoms with Gasteiger partial charge in [-0.1, -0.05) is 17.7 Å². The highest BCUT2D eigenvalue weighted by Crippen LogP contribution is 2.27. The maximum Gasteiger partial charge on any atom is 0.322 e. The number of rotatable bonds is 4. The van der Waals surface area contributed by atoms with Crippen molar-refractivity contribution in [2.45, 2.75) is 0 Å². The molecule has 32 heavy (non-hydrogen) atoms. The second-order valence-electron chi connectivity index (χ2n) is 7.56. The largest absolute Gasteiger partial charge is 0.439 e. The summed E-state index contributed by atoms with van der Waals surface area (Å²) >= 11 is 6.10. The number of amides is 2. The molecule has 8 heteroatoms. The van der Waals surface area contributed by atoms with Gasteiger partial charge in [0.2, 0.25) is 5.88 Å². The number of fused-ring (bicyclic) bond motifs is 1. The quantitative estimate of drug-likeness (QED) is 0.441. The molecule has 0 bridgehead atoms. The van der Waals surface area contributed by atoms with E-state index in [2.05, 4.69) is 20.2 Å². The van der Waals surface area contributed by atoms with Crippen molar-refractivity contribution in [1.82, 2.24) is 14.9 Å². The maximum absolute atomic E-state index is 12.8. The molecule has 0 atom stereocenters. The van der Waals surface area contributed by atoms with E-state index in [9.17, 15) is 4.79 Å². The number of H-pyrrole nitrogens is 1. The molecule has 7 nitrogen and oxygen atoms in total. The van der Waals surface area contributed by atoms with Gasteiger partial charge in [0, 0.05) is 66.3 Å². The number of ether oxygens (including phenoxy) is 1. The van der Waals surface area contributed by atoms with Gasteiger partial charge in [-0.25, -0.2) is 9.78 Å². The Labute approximate surface area is 190 Å². The van der Waals surface area contributed by atoms with Gasteiger partial charge in [0.25, 0.3) is 0 Å². The second kappa shape index (κ2) is 8.80. The fraction of sp³-hybridized carbons (Fsp3) is 0.167. The Morgan fingerprint density at radius 3 is 2.59 bits per heavy atom. The zero-order valence-corrected chi connectivity index (χ0v) is 18.0. The zero-order chi connectivity index (χ0) is 21.9. The third-order valence-corrected chi connectivity index (χ3v) is 5.75. The van der Waals surface area contributed by atoms with Crippen LogP contribution in [0, 0.1) is 0 Å². The van der Waals surface area contributed by atoms with Crippen LogP contribution in [0.3, 0.4) is 0 Å². The van der Waals surface area contributed by atoms with Crippen molar-refractivity contribution in [3.8, 4) is 11.6 Å². The Kier molecular flexibility index (Phi) is 5.56. The van der Waals surface area contributed by atoms with E-state index in [-0.39, 0.29) is 6.03 Å². The summed E-state index contributed by atoms with van der Waals surface area (Å²) in [5.41, 5.74) is 2.77. The lowest BCUT2D eigenvalue weighted by Gasteiger charge is -2.36. The first-order valence-corrected chi connectivity index (χ1v) is 10.8. The van der Waals surface area contributed by atoms with Gasteiger partial charge in [-0.15, -0.1) is 0 Å². The van der Waals surface area contributed by atoms with Gasteiger partial charge in [0.05, 0.1) is 5.69 Å². The van der Waals surface area contributed by atoms with E-state index in [1.54, 1.807) is 12.4 Å². The molecule has 3 heterocycles. The van der Waals surface area contributed by atoms with Gasteiger partial charge in [0.1, 0.15) is 5.75 Å². The van der Waals surface area contributed by atoms with Crippen LogP contribution >= 0.6 is 11.6 Å².